The van der Waals surface area contributed by atoms with E-state index in [4.69, 9.17) is 0 Å². The van der Waals surface area contributed by atoms with E-state index in [9.17, 15) is 9.18 Å². The largest absolute Gasteiger partial charge is 0.350 e. The molecule has 0 aromatic carbocycles. The van der Waals surface area contributed by atoms with Gasteiger partial charge in [-0.1, -0.05) is 0 Å². The molecule has 1 N–H and O–H groups in total. The molecule has 114 valence electrons. The smallest absolute Gasteiger partial charge is 0.274 e. The molecule has 0 atom stereocenters. The lowest BCUT2D eigenvalue weighted by Gasteiger charge is -2.01. The van der Waals surface area contributed by atoms with Crippen molar-refractivity contribution < 1.29 is 9.18 Å². The highest BCUT2D eigenvalue weighted by atomic mass is 19.1. The van der Waals surface area contributed by atoms with Gasteiger partial charge in [-0.25, -0.2) is 4.98 Å². The number of hydrogen-bond acceptors (Lipinski definition) is 3. The number of halogens is 1. The molecule has 0 aliphatic rings. The fourth-order valence-electron chi connectivity index (χ4n) is 2.27. The van der Waals surface area contributed by atoms with Crippen LogP contribution < -0.4 is 5.32 Å². The van der Waals surface area contributed by atoms with E-state index in [-0.39, 0.29) is 5.69 Å². The number of nitrogens with zero attached hydrogens (tertiary/aromatic N) is 4. The van der Waals surface area contributed by atoms with Crippen molar-refractivity contribution in [3.05, 3.63) is 53.5 Å². The Labute approximate surface area is 126 Å². The number of aromatic nitrogens is 4. The zero-order valence-corrected chi connectivity index (χ0v) is 12.4. The molecular formula is C15H16FN5O. The molecule has 0 bridgehead atoms. The Morgan fingerprint density at radius 3 is 3.00 bits per heavy atom. The summed E-state index contributed by atoms with van der Waals surface area (Å²) >= 11 is 0. The van der Waals surface area contributed by atoms with E-state index in [2.05, 4.69) is 15.4 Å². The first kappa shape index (κ1) is 14.2. The average Bonchev–Trinajstić information content (AvgIpc) is 3.03. The molecule has 3 rings (SSSR count). The maximum absolute atomic E-state index is 14.2. The second kappa shape index (κ2) is 5.59. The highest BCUT2D eigenvalue weighted by Gasteiger charge is 2.18. The quantitative estimate of drug-likeness (QED) is 0.794. The van der Waals surface area contributed by atoms with Crippen LogP contribution in [-0.4, -0.2) is 31.6 Å². The highest BCUT2D eigenvalue weighted by Crippen LogP contribution is 2.12. The molecule has 6 nitrogen and oxygen atoms in total. The maximum Gasteiger partial charge on any atom is 0.274 e. The normalized spacial score (nSPS) is 11.0. The number of amides is 1. The monoisotopic (exact) mass is 301 g/mol. The number of hydrogen-bond donors (Lipinski definition) is 1. The van der Waals surface area contributed by atoms with Crippen LogP contribution in [0.25, 0.3) is 5.65 Å². The summed E-state index contributed by atoms with van der Waals surface area (Å²) in [4.78, 5) is 16.1. The molecule has 0 saturated heterocycles. The van der Waals surface area contributed by atoms with Gasteiger partial charge in [0.15, 0.2) is 5.69 Å². The summed E-state index contributed by atoms with van der Waals surface area (Å²) in [5.41, 5.74) is 2.21. The van der Waals surface area contributed by atoms with Gasteiger partial charge >= 0.3 is 0 Å². The van der Waals surface area contributed by atoms with Gasteiger partial charge in [0.05, 0.1) is 6.20 Å². The van der Waals surface area contributed by atoms with Crippen LogP contribution in [0.4, 0.5) is 4.39 Å². The molecule has 3 heterocycles. The highest BCUT2D eigenvalue weighted by molar-refractivity contribution is 5.93. The van der Waals surface area contributed by atoms with E-state index in [1.165, 1.54) is 4.40 Å². The fourth-order valence-corrected chi connectivity index (χ4v) is 2.27. The first-order chi connectivity index (χ1) is 10.5. The molecule has 0 saturated carbocycles. The zero-order chi connectivity index (χ0) is 15.7. The number of carbonyl (C=O) groups excluding carboxylic acids is 1. The number of nitrogens with one attached hydrogen (secondary N) is 1. The number of carbonyl (C=O) groups is 1. The number of aryl methyl sites for hydroxylation is 2. The molecule has 0 aliphatic carbocycles. The number of rotatable bonds is 4. The maximum atomic E-state index is 14.2. The van der Waals surface area contributed by atoms with Gasteiger partial charge in [-0.2, -0.15) is 9.49 Å². The third-order valence-electron chi connectivity index (χ3n) is 3.40. The Bertz CT molecular complexity index is 836. The van der Waals surface area contributed by atoms with E-state index in [1.54, 1.807) is 29.2 Å². The molecule has 0 aliphatic heterocycles. The molecule has 1 amide bonds. The van der Waals surface area contributed by atoms with Crippen LogP contribution in [0.5, 0.6) is 0 Å². The van der Waals surface area contributed by atoms with Gasteiger partial charge in [-0.3, -0.25) is 13.9 Å². The Hall–Kier alpha value is -2.70. The average molecular weight is 301 g/mol. The van der Waals surface area contributed by atoms with Gasteiger partial charge in [0.1, 0.15) is 5.65 Å². The van der Waals surface area contributed by atoms with Gasteiger partial charge < -0.3 is 5.32 Å². The predicted molar refractivity (Wildman–Crippen MR) is 79.1 cm³/mol. The third kappa shape index (κ3) is 2.69. The lowest BCUT2D eigenvalue weighted by Crippen LogP contribution is -2.26. The van der Waals surface area contributed by atoms with Crippen molar-refractivity contribution in [3.8, 4) is 0 Å². The molecule has 3 aromatic rings. The molecule has 0 unspecified atom stereocenters. The van der Waals surface area contributed by atoms with Gasteiger partial charge in [-0.05, 0) is 36.6 Å². The van der Waals surface area contributed by atoms with Crippen LogP contribution in [-0.2, 0) is 13.5 Å². The van der Waals surface area contributed by atoms with E-state index in [1.807, 2.05) is 20.2 Å². The predicted octanol–water partition coefficient (Wildman–Crippen LogP) is 1.49. The summed E-state index contributed by atoms with van der Waals surface area (Å²) in [6.07, 6.45) is 5.81. The number of fused-ring (bicyclic) bond motifs is 1. The Morgan fingerprint density at radius 1 is 1.45 bits per heavy atom. The second-order valence-corrected chi connectivity index (χ2v) is 5.21. The molecule has 22 heavy (non-hydrogen) atoms. The van der Waals surface area contributed by atoms with Crippen LogP contribution >= 0.6 is 0 Å². The number of pyridine rings is 1. The SMILES string of the molecule is Cc1ccn2c(F)c(C(=O)NCCc3cnn(C)c3)nc2c1. The van der Waals surface area contributed by atoms with Gasteiger partial charge in [-0.15, -0.1) is 0 Å². The van der Waals surface area contributed by atoms with Crippen LogP contribution in [0.1, 0.15) is 21.6 Å². The van der Waals surface area contributed by atoms with Crippen molar-refractivity contribution >= 4 is 11.6 Å². The fraction of sp³-hybridized carbons (Fsp3) is 0.267. The minimum absolute atomic E-state index is 0.184. The lowest BCUT2D eigenvalue weighted by atomic mass is 10.2. The van der Waals surface area contributed by atoms with Gasteiger partial charge in [0.2, 0.25) is 5.95 Å². The minimum atomic E-state index is -0.645. The van der Waals surface area contributed by atoms with Crippen molar-refractivity contribution in [1.29, 1.82) is 0 Å². The van der Waals surface area contributed by atoms with Crippen LogP contribution in [0.3, 0.4) is 0 Å². The Morgan fingerprint density at radius 2 is 2.27 bits per heavy atom. The molecule has 3 aromatic heterocycles. The van der Waals surface area contributed by atoms with Crippen LogP contribution in [0.2, 0.25) is 0 Å². The van der Waals surface area contributed by atoms with E-state index in [0.717, 1.165) is 11.1 Å². The third-order valence-corrected chi connectivity index (χ3v) is 3.40. The van der Waals surface area contributed by atoms with Crippen molar-refractivity contribution in [3.63, 3.8) is 0 Å². The summed E-state index contributed by atoms with van der Waals surface area (Å²) in [5, 5.41) is 6.73. The summed E-state index contributed by atoms with van der Waals surface area (Å²) in [6, 6.07) is 3.50. The van der Waals surface area contributed by atoms with Gasteiger partial charge in [0.25, 0.3) is 5.91 Å². The van der Waals surface area contributed by atoms with Crippen LogP contribution in [0, 0.1) is 12.9 Å². The minimum Gasteiger partial charge on any atom is -0.350 e. The first-order valence-corrected chi connectivity index (χ1v) is 6.94. The number of imidazole rings is 1. The second-order valence-electron chi connectivity index (χ2n) is 5.21. The lowest BCUT2D eigenvalue weighted by molar-refractivity contribution is 0.0945. The standard InChI is InChI=1S/C15H16FN5O/c1-10-4-6-21-12(7-10)19-13(14(21)16)15(22)17-5-3-11-8-18-20(2)9-11/h4,6-9H,3,5H2,1-2H3,(H,17,22). The Kier molecular flexibility index (Phi) is 3.62. The summed E-state index contributed by atoms with van der Waals surface area (Å²) in [7, 11) is 1.83. The van der Waals surface area contributed by atoms with Crippen molar-refractivity contribution in [2.75, 3.05) is 6.54 Å². The summed E-state index contributed by atoms with van der Waals surface area (Å²) < 4.78 is 17.2. The van der Waals surface area contributed by atoms with E-state index in [0.29, 0.717) is 18.6 Å². The van der Waals surface area contributed by atoms with Crippen molar-refractivity contribution in [1.82, 2.24) is 24.5 Å². The van der Waals surface area contributed by atoms with Gasteiger partial charge in [0, 0.05) is 26.0 Å². The molecule has 0 spiro atoms. The topological polar surface area (TPSA) is 64.2 Å². The van der Waals surface area contributed by atoms with E-state index >= 15 is 0 Å². The Balaban J connectivity index is 1.70. The molecule has 0 fully saturated rings. The molecule has 0 radical (unpaired) electrons. The van der Waals surface area contributed by atoms with Crippen molar-refractivity contribution in [2.24, 2.45) is 7.05 Å². The summed E-state index contributed by atoms with van der Waals surface area (Å²) in [5.74, 6) is -1.16. The van der Waals surface area contributed by atoms with E-state index < -0.39 is 11.9 Å². The van der Waals surface area contributed by atoms with Crippen LogP contribution in [0.15, 0.2) is 30.7 Å². The molecular weight excluding hydrogens is 285 g/mol. The zero-order valence-electron chi connectivity index (χ0n) is 12.4. The summed E-state index contributed by atoms with van der Waals surface area (Å²) in [6.45, 7) is 2.29. The first-order valence-electron chi connectivity index (χ1n) is 6.94. The van der Waals surface area contributed by atoms with Crippen molar-refractivity contribution in [2.45, 2.75) is 13.3 Å². The molecule has 7 heteroatoms.